The van der Waals surface area contributed by atoms with E-state index < -0.39 is 11.7 Å². The zero-order chi connectivity index (χ0) is 12.0. The number of ether oxygens (including phenoxy) is 1. The summed E-state index contributed by atoms with van der Waals surface area (Å²) in [6, 6.07) is 6.19. The second-order valence-corrected chi connectivity index (χ2v) is 3.71. The number of rotatable bonds is 2. The third kappa shape index (κ3) is 4.32. The van der Waals surface area contributed by atoms with Gasteiger partial charge >= 0.3 is 5.97 Å². The lowest BCUT2D eigenvalue weighted by atomic mass is 10.2. The molecule has 1 rings (SSSR count). The molecule has 0 unspecified atom stereocenters. The maximum absolute atomic E-state index is 12.0. The normalized spacial score (nSPS) is 9.50. The van der Waals surface area contributed by atoms with E-state index in [-0.39, 0.29) is 0 Å². The van der Waals surface area contributed by atoms with Crippen LogP contribution in [-0.2, 0) is 9.53 Å². The van der Waals surface area contributed by atoms with Gasteiger partial charge in [-0.25, -0.2) is 4.79 Å². The van der Waals surface area contributed by atoms with Gasteiger partial charge in [-0.3, -0.25) is 0 Å². The van der Waals surface area contributed by atoms with Crippen molar-refractivity contribution in [3.8, 4) is 11.8 Å². The van der Waals surface area contributed by atoms with Crippen molar-refractivity contribution in [3.63, 3.8) is 0 Å². The Hall–Kier alpha value is -1.54. The highest BCUT2D eigenvalue weighted by atomic mass is 32.2. The van der Waals surface area contributed by atoms with E-state index in [2.05, 4.69) is 16.6 Å². The zero-order valence-electron chi connectivity index (χ0n) is 8.37. The fourth-order valence-corrected chi connectivity index (χ4v) is 1.39. The fourth-order valence-electron chi connectivity index (χ4n) is 0.894. The first-order chi connectivity index (χ1) is 7.61. The smallest absolute Gasteiger partial charge is 0.384 e. The molecule has 84 valence electrons. The number of thioether (sulfide) groups is 1. The number of alkyl halides is 2. The van der Waals surface area contributed by atoms with Gasteiger partial charge in [-0.05, 0) is 24.3 Å². The number of halogens is 2. The Kier molecular flexibility index (Phi) is 4.80. The predicted molar refractivity (Wildman–Crippen MR) is 57.2 cm³/mol. The highest BCUT2D eigenvalue weighted by molar-refractivity contribution is 7.99. The van der Waals surface area contributed by atoms with Crippen molar-refractivity contribution < 1.29 is 18.3 Å². The molecule has 0 aliphatic heterocycles. The predicted octanol–water partition coefficient (Wildman–Crippen LogP) is 2.53. The Balaban J connectivity index is 2.70. The molecule has 0 N–H and O–H groups in total. The summed E-state index contributed by atoms with van der Waals surface area (Å²) in [6.45, 7) is 0. The third-order valence-electron chi connectivity index (χ3n) is 1.57. The Labute approximate surface area is 96.0 Å². The molecule has 0 saturated heterocycles. The molecule has 16 heavy (non-hydrogen) atoms. The monoisotopic (exact) mass is 242 g/mol. The largest absolute Gasteiger partial charge is 0.459 e. The van der Waals surface area contributed by atoms with E-state index in [4.69, 9.17) is 0 Å². The van der Waals surface area contributed by atoms with Gasteiger partial charge in [-0.1, -0.05) is 17.7 Å². The maximum atomic E-state index is 12.0. The van der Waals surface area contributed by atoms with Crippen LogP contribution in [0.1, 0.15) is 5.56 Å². The van der Waals surface area contributed by atoms with Crippen molar-refractivity contribution >= 4 is 17.7 Å². The summed E-state index contributed by atoms with van der Waals surface area (Å²) in [7, 11) is 1.24. The molecule has 0 aromatic heterocycles. The van der Waals surface area contributed by atoms with Gasteiger partial charge < -0.3 is 4.74 Å². The van der Waals surface area contributed by atoms with Crippen LogP contribution in [0, 0.1) is 11.8 Å². The van der Waals surface area contributed by atoms with Gasteiger partial charge in [0.25, 0.3) is 5.76 Å². The van der Waals surface area contributed by atoms with Crippen molar-refractivity contribution in [2.75, 3.05) is 7.11 Å². The van der Waals surface area contributed by atoms with Crippen molar-refractivity contribution in [1.82, 2.24) is 0 Å². The first kappa shape index (κ1) is 12.5. The van der Waals surface area contributed by atoms with Gasteiger partial charge in [0, 0.05) is 16.4 Å². The van der Waals surface area contributed by atoms with Crippen LogP contribution in [0.25, 0.3) is 0 Å². The SMILES string of the molecule is COC(=O)C#Cc1ccc(SC(F)F)cc1. The molecule has 0 amide bonds. The number of carbonyl (C=O) groups excluding carboxylic acids is 1. The molecular weight excluding hydrogens is 234 g/mol. The minimum Gasteiger partial charge on any atom is -0.459 e. The third-order valence-corrected chi connectivity index (χ3v) is 2.30. The lowest BCUT2D eigenvalue weighted by molar-refractivity contribution is -0.133. The van der Waals surface area contributed by atoms with Crippen LogP contribution >= 0.6 is 11.8 Å². The molecule has 1 aromatic carbocycles. The van der Waals surface area contributed by atoms with Crippen molar-refractivity contribution in [1.29, 1.82) is 0 Å². The number of methoxy groups -OCH3 is 1. The first-order valence-electron chi connectivity index (χ1n) is 4.26. The Morgan fingerprint density at radius 3 is 2.50 bits per heavy atom. The molecule has 0 heterocycles. The second kappa shape index (κ2) is 6.13. The van der Waals surface area contributed by atoms with E-state index in [1.807, 2.05) is 0 Å². The molecule has 0 aliphatic rings. The van der Waals surface area contributed by atoms with Gasteiger partial charge in [0.05, 0.1) is 7.11 Å². The minimum atomic E-state index is -2.44. The van der Waals surface area contributed by atoms with Gasteiger partial charge in [0.2, 0.25) is 0 Å². The number of hydrogen-bond donors (Lipinski definition) is 0. The molecule has 0 atom stereocenters. The summed E-state index contributed by atoms with van der Waals surface area (Å²) in [4.78, 5) is 11.2. The average Bonchev–Trinajstić information content (AvgIpc) is 2.27. The minimum absolute atomic E-state index is 0.457. The molecule has 0 fully saturated rings. The number of carbonyl (C=O) groups is 1. The van der Waals surface area contributed by atoms with Crippen LogP contribution in [0.4, 0.5) is 8.78 Å². The summed E-state index contributed by atoms with van der Waals surface area (Å²) in [6.07, 6.45) is 0. The lowest BCUT2D eigenvalue weighted by Crippen LogP contribution is -1.94. The zero-order valence-corrected chi connectivity index (χ0v) is 9.18. The molecule has 0 radical (unpaired) electrons. The second-order valence-electron chi connectivity index (χ2n) is 2.64. The van der Waals surface area contributed by atoms with Gasteiger partial charge in [-0.2, -0.15) is 8.78 Å². The van der Waals surface area contributed by atoms with Crippen LogP contribution in [0.3, 0.4) is 0 Å². The standard InChI is InChI=1S/C11H8F2O2S/c1-15-10(14)7-4-8-2-5-9(6-3-8)16-11(12)13/h2-3,5-6,11H,1H3. The van der Waals surface area contributed by atoms with E-state index >= 15 is 0 Å². The van der Waals surface area contributed by atoms with Crippen LogP contribution in [0.15, 0.2) is 29.2 Å². The topological polar surface area (TPSA) is 26.3 Å². The van der Waals surface area contributed by atoms with Gasteiger partial charge in [-0.15, -0.1) is 0 Å². The Morgan fingerprint density at radius 2 is 2.00 bits per heavy atom. The maximum Gasteiger partial charge on any atom is 0.384 e. The fraction of sp³-hybridized carbons (Fsp3) is 0.182. The van der Waals surface area contributed by atoms with E-state index in [1.54, 1.807) is 12.1 Å². The van der Waals surface area contributed by atoms with Crippen molar-refractivity contribution in [3.05, 3.63) is 29.8 Å². The summed E-state index contributed by atoms with van der Waals surface area (Å²) >= 11 is 0.463. The van der Waals surface area contributed by atoms with Gasteiger partial charge in [0.1, 0.15) is 0 Å². The molecule has 5 heteroatoms. The van der Waals surface area contributed by atoms with Crippen molar-refractivity contribution in [2.45, 2.75) is 10.7 Å². The average molecular weight is 242 g/mol. The van der Waals surface area contributed by atoms with E-state index in [0.717, 1.165) is 0 Å². The molecular formula is C11H8F2O2S. The highest BCUT2D eigenvalue weighted by Gasteiger charge is 2.04. The number of benzene rings is 1. The Bertz CT molecular complexity index is 418. The van der Waals surface area contributed by atoms with Crippen LogP contribution in [0.2, 0.25) is 0 Å². The van der Waals surface area contributed by atoms with Crippen molar-refractivity contribution in [2.24, 2.45) is 0 Å². The quantitative estimate of drug-likeness (QED) is 0.453. The Morgan fingerprint density at radius 1 is 1.38 bits per heavy atom. The highest BCUT2D eigenvalue weighted by Crippen LogP contribution is 2.24. The molecule has 0 aliphatic carbocycles. The molecule has 0 saturated carbocycles. The molecule has 2 nitrogen and oxygen atoms in total. The van der Waals surface area contributed by atoms with Crippen LogP contribution in [-0.4, -0.2) is 18.8 Å². The summed E-state index contributed by atoms with van der Waals surface area (Å²) < 4.78 is 28.3. The van der Waals surface area contributed by atoms with Crippen LogP contribution in [0.5, 0.6) is 0 Å². The van der Waals surface area contributed by atoms with E-state index in [9.17, 15) is 13.6 Å². The summed E-state index contributed by atoms with van der Waals surface area (Å²) in [5.41, 5.74) is 0.573. The van der Waals surface area contributed by atoms with Gasteiger partial charge in [0.15, 0.2) is 0 Å². The van der Waals surface area contributed by atoms with E-state index in [1.165, 1.54) is 19.2 Å². The molecule has 0 bridgehead atoms. The van der Waals surface area contributed by atoms with E-state index in [0.29, 0.717) is 22.2 Å². The lowest BCUT2D eigenvalue weighted by Gasteiger charge is -1.98. The summed E-state index contributed by atoms with van der Waals surface area (Å²) in [5, 5.41) is 0. The molecule has 1 aromatic rings. The summed E-state index contributed by atoms with van der Waals surface area (Å²) in [5.74, 6) is 1.73. The molecule has 0 spiro atoms. The number of hydrogen-bond acceptors (Lipinski definition) is 3. The van der Waals surface area contributed by atoms with Crippen LogP contribution < -0.4 is 0 Å². The number of esters is 1. The first-order valence-corrected chi connectivity index (χ1v) is 5.14.